The number of ether oxygens (including phenoxy) is 2. The predicted octanol–water partition coefficient (Wildman–Crippen LogP) is 6.55. The summed E-state index contributed by atoms with van der Waals surface area (Å²) in [5.41, 5.74) is 3.19. The van der Waals surface area contributed by atoms with E-state index in [1.807, 2.05) is 0 Å². The van der Waals surface area contributed by atoms with Crippen molar-refractivity contribution >= 4 is 0 Å². The number of hydrogen-bond acceptors (Lipinski definition) is 2. The molecule has 2 heteroatoms. The highest BCUT2D eigenvalue weighted by atomic mass is 16.5. The molecule has 0 saturated heterocycles. The van der Waals surface area contributed by atoms with Crippen molar-refractivity contribution in [3.63, 3.8) is 0 Å². The highest BCUT2D eigenvalue weighted by molar-refractivity contribution is 5.39. The van der Waals surface area contributed by atoms with Crippen molar-refractivity contribution in [3.05, 3.63) is 29.3 Å². The Morgan fingerprint density at radius 3 is 2.16 bits per heavy atom. The Kier molecular flexibility index (Phi) is 8.47. The lowest BCUT2D eigenvalue weighted by Crippen LogP contribution is -2.27. The Balaban J connectivity index is 2.81. The molecule has 0 aliphatic heterocycles. The number of methoxy groups -OCH3 is 1. The van der Waals surface area contributed by atoms with E-state index in [4.69, 9.17) is 9.47 Å². The molecule has 0 atom stereocenters. The molecule has 25 heavy (non-hydrogen) atoms. The van der Waals surface area contributed by atoms with Crippen LogP contribution in [0.1, 0.15) is 85.3 Å². The maximum atomic E-state index is 5.98. The summed E-state index contributed by atoms with van der Waals surface area (Å²) in [7, 11) is 1.77. The Hall–Kier alpha value is -1.02. The highest BCUT2D eigenvalue weighted by Gasteiger charge is 2.26. The second-order valence-corrected chi connectivity index (χ2v) is 8.70. The molecular formula is C23H40O2. The van der Waals surface area contributed by atoms with E-state index in [1.54, 1.807) is 7.11 Å². The Morgan fingerprint density at radius 2 is 1.68 bits per heavy atom. The van der Waals surface area contributed by atoms with Gasteiger partial charge >= 0.3 is 0 Å². The smallest absolute Gasteiger partial charge is 0.122 e. The van der Waals surface area contributed by atoms with Gasteiger partial charge in [-0.2, -0.15) is 0 Å². The molecule has 0 fully saturated rings. The molecule has 0 aliphatic carbocycles. The molecule has 2 nitrogen and oxygen atoms in total. The van der Waals surface area contributed by atoms with Gasteiger partial charge in [0.1, 0.15) is 5.75 Å². The first-order valence-electron chi connectivity index (χ1n) is 9.96. The monoisotopic (exact) mass is 348 g/mol. The van der Waals surface area contributed by atoms with Gasteiger partial charge in [-0.25, -0.2) is 0 Å². The van der Waals surface area contributed by atoms with Gasteiger partial charge in [-0.05, 0) is 74.0 Å². The second kappa shape index (κ2) is 9.62. The molecule has 1 rings (SSSR count). The zero-order valence-corrected chi connectivity index (χ0v) is 17.9. The fourth-order valence-electron chi connectivity index (χ4n) is 3.32. The van der Waals surface area contributed by atoms with E-state index in [2.05, 4.69) is 66.7 Å². The van der Waals surface area contributed by atoms with E-state index in [9.17, 15) is 0 Å². The Labute approximate surface area is 156 Å². The summed E-state index contributed by atoms with van der Waals surface area (Å²) in [6.45, 7) is 16.5. The van der Waals surface area contributed by atoms with Crippen LogP contribution in [0.5, 0.6) is 5.75 Å². The van der Waals surface area contributed by atoms with E-state index < -0.39 is 0 Å². The minimum atomic E-state index is 0.169. The average molecular weight is 349 g/mol. The molecule has 0 aromatic heterocycles. The van der Waals surface area contributed by atoms with Gasteiger partial charge in [-0.3, -0.25) is 0 Å². The first kappa shape index (κ1) is 22.0. The lowest BCUT2D eigenvalue weighted by molar-refractivity contribution is -0.00245. The molecule has 0 saturated carbocycles. The van der Waals surface area contributed by atoms with Crippen molar-refractivity contribution < 1.29 is 9.47 Å². The van der Waals surface area contributed by atoms with Crippen molar-refractivity contribution in [3.8, 4) is 5.75 Å². The van der Waals surface area contributed by atoms with Gasteiger partial charge in [0.15, 0.2) is 0 Å². The van der Waals surface area contributed by atoms with Crippen LogP contribution in [-0.2, 0) is 16.6 Å². The molecule has 0 bridgehead atoms. The van der Waals surface area contributed by atoms with Crippen LogP contribution in [0.15, 0.2) is 18.2 Å². The van der Waals surface area contributed by atoms with E-state index in [-0.39, 0.29) is 5.41 Å². The minimum absolute atomic E-state index is 0.169. The SMILES string of the molecule is CCC(CC)(CCCc1cc(C(C)(C)C)ccc1OC)COC(C)C. The summed E-state index contributed by atoms with van der Waals surface area (Å²) in [6, 6.07) is 6.66. The molecule has 1 aromatic carbocycles. The van der Waals surface area contributed by atoms with Gasteiger partial charge in [0.05, 0.1) is 19.8 Å². The fourth-order valence-corrected chi connectivity index (χ4v) is 3.32. The zero-order valence-electron chi connectivity index (χ0n) is 17.9. The topological polar surface area (TPSA) is 18.5 Å². The summed E-state index contributed by atoms with van der Waals surface area (Å²) in [5.74, 6) is 1.02. The van der Waals surface area contributed by atoms with Crippen LogP contribution in [0.4, 0.5) is 0 Å². The third kappa shape index (κ3) is 6.66. The lowest BCUT2D eigenvalue weighted by Gasteiger charge is -2.32. The van der Waals surface area contributed by atoms with Crippen LogP contribution >= 0.6 is 0 Å². The molecule has 0 unspecified atom stereocenters. The third-order valence-corrected chi connectivity index (χ3v) is 5.52. The summed E-state index contributed by atoms with van der Waals surface area (Å²) in [6.07, 6.45) is 6.10. The molecule has 1 aromatic rings. The molecule has 0 amide bonds. The molecule has 0 spiro atoms. The molecule has 0 N–H and O–H groups in total. The minimum Gasteiger partial charge on any atom is -0.496 e. The molecule has 0 heterocycles. The molecular weight excluding hydrogens is 308 g/mol. The van der Waals surface area contributed by atoms with Crippen molar-refractivity contribution in [2.75, 3.05) is 13.7 Å². The predicted molar refractivity (Wildman–Crippen MR) is 109 cm³/mol. The molecule has 0 radical (unpaired) electrons. The fraction of sp³-hybridized carbons (Fsp3) is 0.739. The standard InChI is InChI=1S/C23H40O2/c1-9-23(10-2,17-25-18(3)4)15-11-12-19-16-20(22(5,6)7)13-14-21(19)24-8/h13-14,16,18H,9-12,15,17H2,1-8H3. The molecule has 144 valence electrons. The van der Waals surface area contributed by atoms with Gasteiger partial charge in [-0.15, -0.1) is 0 Å². The van der Waals surface area contributed by atoms with Crippen molar-refractivity contribution in [2.24, 2.45) is 5.41 Å². The normalized spacial score (nSPS) is 12.7. The average Bonchev–Trinajstić information content (AvgIpc) is 2.57. The zero-order chi connectivity index (χ0) is 19.1. The van der Waals surface area contributed by atoms with E-state index in [1.165, 1.54) is 36.8 Å². The van der Waals surface area contributed by atoms with Crippen LogP contribution in [0.2, 0.25) is 0 Å². The lowest BCUT2D eigenvalue weighted by atomic mass is 9.78. The van der Waals surface area contributed by atoms with Gasteiger partial charge in [0.25, 0.3) is 0 Å². The van der Waals surface area contributed by atoms with Crippen LogP contribution in [0.25, 0.3) is 0 Å². The number of benzene rings is 1. The third-order valence-electron chi connectivity index (χ3n) is 5.52. The summed E-state index contributed by atoms with van der Waals surface area (Å²) in [5, 5.41) is 0. The quantitative estimate of drug-likeness (QED) is 0.477. The van der Waals surface area contributed by atoms with Crippen LogP contribution in [0.3, 0.4) is 0 Å². The van der Waals surface area contributed by atoms with E-state index in [0.29, 0.717) is 11.5 Å². The van der Waals surface area contributed by atoms with Gasteiger partial charge < -0.3 is 9.47 Å². The summed E-state index contributed by atoms with van der Waals surface area (Å²) < 4.78 is 11.6. The van der Waals surface area contributed by atoms with Crippen molar-refractivity contribution in [1.29, 1.82) is 0 Å². The van der Waals surface area contributed by atoms with Gasteiger partial charge in [-0.1, -0.05) is 46.8 Å². The number of aryl methyl sites for hydroxylation is 1. The highest BCUT2D eigenvalue weighted by Crippen LogP contribution is 2.35. The van der Waals surface area contributed by atoms with Gasteiger partial charge in [0.2, 0.25) is 0 Å². The van der Waals surface area contributed by atoms with Gasteiger partial charge in [0, 0.05) is 0 Å². The first-order valence-corrected chi connectivity index (χ1v) is 9.96. The van der Waals surface area contributed by atoms with Crippen LogP contribution in [0, 0.1) is 5.41 Å². The van der Waals surface area contributed by atoms with Crippen LogP contribution in [-0.4, -0.2) is 19.8 Å². The maximum Gasteiger partial charge on any atom is 0.122 e. The number of hydrogen-bond donors (Lipinski definition) is 0. The molecule has 0 aliphatic rings. The Morgan fingerprint density at radius 1 is 1.04 bits per heavy atom. The van der Waals surface area contributed by atoms with Crippen LogP contribution < -0.4 is 4.74 Å². The first-order chi connectivity index (χ1) is 11.7. The second-order valence-electron chi connectivity index (χ2n) is 8.70. The van der Waals surface area contributed by atoms with Crippen molar-refractivity contribution in [1.82, 2.24) is 0 Å². The summed E-state index contributed by atoms with van der Waals surface area (Å²) in [4.78, 5) is 0. The largest absolute Gasteiger partial charge is 0.496 e. The van der Waals surface area contributed by atoms with E-state index in [0.717, 1.165) is 18.8 Å². The Bertz CT molecular complexity index is 507. The maximum absolute atomic E-state index is 5.98. The van der Waals surface area contributed by atoms with Crippen molar-refractivity contribution in [2.45, 2.75) is 92.1 Å². The summed E-state index contributed by atoms with van der Waals surface area (Å²) >= 11 is 0. The van der Waals surface area contributed by atoms with E-state index >= 15 is 0 Å². The number of rotatable bonds is 10.